The van der Waals surface area contributed by atoms with Crippen molar-refractivity contribution in [2.75, 3.05) is 31.1 Å². The maximum atomic E-state index is 12.8. The fourth-order valence-electron chi connectivity index (χ4n) is 3.70. The minimum atomic E-state index is -0.266. The predicted molar refractivity (Wildman–Crippen MR) is 101 cm³/mol. The molecule has 136 valence electrons. The molecule has 1 aliphatic carbocycles. The smallest absolute Gasteiger partial charge is 0.261 e. The Morgan fingerprint density at radius 2 is 1.88 bits per heavy atom. The second kappa shape index (κ2) is 7.11. The van der Waals surface area contributed by atoms with E-state index in [-0.39, 0.29) is 17.0 Å². The predicted octanol–water partition coefficient (Wildman–Crippen LogP) is 2.26. The molecule has 1 saturated heterocycles. The van der Waals surface area contributed by atoms with E-state index in [9.17, 15) is 9.59 Å². The molecule has 4 rings (SSSR count). The first kappa shape index (κ1) is 17.1. The number of anilines is 1. The number of carbonyl (C=O) groups is 1. The number of amides is 1. The van der Waals surface area contributed by atoms with Crippen LogP contribution in [0.2, 0.25) is 5.02 Å². The first-order valence-corrected chi connectivity index (χ1v) is 9.40. The highest BCUT2D eigenvalue weighted by Gasteiger charge is 2.25. The lowest BCUT2D eigenvalue weighted by atomic mass is 9.95. The molecular formula is C19H21ClN4O2. The van der Waals surface area contributed by atoms with E-state index in [1.807, 2.05) is 18.2 Å². The summed E-state index contributed by atoms with van der Waals surface area (Å²) in [5, 5.41) is 0.606. The second-order valence-electron chi connectivity index (χ2n) is 6.84. The average molecular weight is 373 g/mol. The van der Waals surface area contributed by atoms with Gasteiger partial charge in [0.15, 0.2) is 0 Å². The van der Waals surface area contributed by atoms with Crippen molar-refractivity contribution in [1.29, 1.82) is 0 Å². The molecule has 0 spiro atoms. The van der Waals surface area contributed by atoms with Crippen molar-refractivity contribution < 1.29 is 4.79 Å². The van der Waals surface area contributed by atoms with Gasteiger partial charge in [-0.2, -0.15) is 0 Å². The number of aromatic nitrogens is 2. The number of halogens is 1. The molecule has 3 heterocycles. The average Bonchev–Trinajstić information content (AvgIpc) is 2.68. The fraction of sp³-hybridized carbons (Fsp3) is 0.421. The summed E-state index contributed by atoms with van der Waals surface area (Å²) in [7, 11) is 0. The van der Waals surface area contributed by atoms with Crippen LogP contribution >= 0.6 is 11.6 Å². The van der Waals surface area contributed by atoms with Gasteiger partial charge in [-0.25, -0.2) is 4.98 Å². The SMILES string of the molecule is O=C(c1cc2c([nH]c1=O)CCCC2)N1CCN(c2ccc(Cl)cn2)CC1. The molecule has 6 nitrogen and oxygen atoms in total. The summed E-state index contributed by atoms with van der Waals surface area (Å²) in [5.74, 6) is 0.677. The van der Waals surface area contributed by atoms with Gasteiger partial charge in [0.1, 0.15) is 11.4 Å². The van der Waals surface area contributed by atoms with Gasteiger partial charge in [0.25, 0.3) is 11.5 Å². The lowest BCUT2D eigenvalue weighted by Gasteiger charge is -2.35. The topological polar surface area (TPSA) is 69.3 Å². The van der Waals surface area contributed by atoms with Gasteiger partial charge in [-0.3, -0.25) is 9.59 Å². The van der Waals surface area contributed by atoms with Gasteiger partial charge < -0.3 is 14.8 Å². The van der Waals surface area contributed by atoms with Crippen LogP contribution < -0.4 is 10.5 Å². The van der Waals surface area contributed by atoms with E-state index in [1.54, 1.807) is 11.1 Å². The first-order chi connectivity index (χ1) is 12.6. The van der Waals surface area contributed by atoms with Crippen LogP contribution in [0.3, 0.4) is 0 Å². The summed E-state index contributed by atoms with van der Waals surface area (Å²) in [6, 6.07) is 5.50. The van der Waals surface area contributed by atoms with Crippen LogP contribution in [0.5, 0.6) is 0 Å². The van der Waals surface area contributed by atoms with E-state index < -0.39 is 0 Å². The number of rotatable bonds is 2. The van der Waals surface area contributed by atoms with Crippen LogP contribution in [0, 0.1) is 0 Å². The molecule has 1 fully saturated rings. The summed E-state index contributed by atoms with van der Waals surface area (Å²) in [6.07, 6.45) is 5.66. The Balaban J connectivity index is 1.47. The van der Waals surface area contributed by atoms with E-state index in [2.05, 4.69) is 14.9 Å². The number of piperazine rings is 1. The highest BCUT2D eigenvalue weighted by atomic mass is 35.5. The molecule has 0 unspecified atom stereocenters. The molecule has 2 aromatic rings. The Bertz CT molecular complexity index is 870. The third-order valence-corrected chi connectivity index (χ3v) is 5.39. The molecule has 0 radical (unpaired) electrons. The van der Waals surface area contributed by atoms with Gasteiger partial charge in [0.05, 0.1) is 5.02 Å². The molecule has 7 heteroatoms. The summed E-state index contributed by atoms with van der Waals surface area (Å²) >= 11 is 5.88. The Kier molecular flexibility index (Phi) is 4.68. The molecule has 0 saturated carbocycles. The zero-order valence-corrected chi connectivity index (χ0v) is 15.3. The van der Waals surface area contributed by atoms with Crippen LogP contribution in [-0.2, 0) is 12.8 Å². The summed E-state index contributed by atoms with van der Waals surface area (Å²) in [4.78, 5) is 36.3. The molecule has 0 atom stereocenters. The number of hydrogen-bond acceptors (Lipinski definition) is 4. The highest BCUT2D eigenvalue weighted by molar-refractivity contribution is 6.30. The standard InChI is InChI=1S/C19H21ClN4O2/c20-14-5-6-17(21-12-14)23-7-9-24(10-8-23)19(26)15-11-13-3-1-2-4-16(13)22-18(15)25/h5-6,11-12H,1-4,7-10H2,(H,22,25). The maximum absolute atomic E-state index is 12.8. The largest absolute Gasteiger partial charge is 0.353 e. The number of carbonyl (C=O) groups excluding carboxylic acids is 1. The Hall–Kier alpha value is -2.34. The maximum Gasteiger partial charge on any atom is 0.261 e. The van der Waals surface area contributed by atoms with Gasteiger partial charge in [-0.15, -0.1) is 0 Å². The number of aromatic amines is 1. The Labute approximate surface area is 156 Å². The molecule has 2 aliphatic rings. The van der Waals surface area contributed by atoms with Crippen molar-refractivity contribution >= 4 is 23.3 Å². The Morgan fingerprint density at radius 3 is 2.62 bits per heavy atom. The van der Waals surface area contributed by atoms with E-state index in [0.29, 0.717) is 31.2 Å². The molecule has 0 bridgehead atoms. The van der Waals surface area contributed by atoms with Gasteiger partial charge in [0, 0.05) is 38.1 Å². The van der Waals surface area contributed by atoms with Gasteiger partial charge in [0.2, 0.25) is 0 Å². The monoisotopic (exact) mass is 372 g/mol. The molecule has 1 aliphatic heterocycles. The van der Waals surface area contributed by atoms with Crippen molar-refractivity contribution in [3.8, 4) is 0 Å². The third kappa shape index (κ3) is 3.33. The number of fused-ring (bicyclic) bond motifs is 1. The number of nitrogens with zero attached hydrogens (tertiary/aromatic N) is 3. The van der Waals surface area contributed by atoms with Crippen molar-refractivity contribution in [2.24, 2.45) is 0 Å². The lowest BCUT2D eigenvalue weighted by Crippen LogP contribution is -2.50. The van der Waals surface area contributed by atoms with Crippen molar-refractivity contribution in [1.82, 2.24) is 14.9 Å². The quantitative estimate of drug-likeness (QED) is 0.878. The number of nitrogens with one attached hydrogen (secondary N) is 1. The van der Waals surface area contributed by atoms with E-state index in [0.717, 1.165) is 42.8 Å². The summed E-state index contributed by atoms with van der Waals surface area (Å²) in [6.45, 7) is 2.51. The second-order valence-corrected chi connectivity index (χ2v) is 7.27. The van der Waals surface area contributed by atoms with Crippen LogP contribution in [0.1, 0.15) is 34.5 Å². The van der Waals surface area contributed by atoms with Gasteiger partial charge in [-0.05, 0) is 49.4 Å². The number of aryl methyl sites for hydroxylation is 2. The van der Waals surface area contributed by atoms with Crippen LogP contribution in [-0.4, -0.2) is 47.0 Å². The normalized spacial score (nSPS) is 17.1. The van der Waals surface area contributed by atoms with E-state index >= 15 is 0 Å². The third-order valence-electron chi connectivity index (χ3n) is 5.17. The lowest BCUT2D eigenvalue weighted by molar-refractivity contribution is 0.0744. The highest BCUT2D eigenvalue weighted by Crippen LogP contribution is 2.20. The minimum Gasteiger partial charge on any atom is -0.353 e. The van der Waals surface area contributed by atoms with Crippen molar-refractivity contribution in [3.63, 3.8) is 0 Å². The Morgan fingerprint density at radius 1 is 1.12 bits per heavy atom. The van der Waals surface area contributed by atoms with Crippen molar-refractivity contribution in [2.45, 2.75) is 25.7 Å². The van der Waals surface area contributed by atoms with E-state index in [1.165, 1.54) is 0 Å². The zero-order valence-electron chi connectivity index (χ0n) is 14.5. The minimum absolute atomic E-state index is 0.177. The number of pyridine rings is 2. The summed E-state index contributed by atoms with van der Waals surface area (Å²) in [5.41, 5.74) is 2.11. The van der Waals surface area contributed by atoms with Gasteiger partial charge >= 0.3 is 0 Å². The van der Waals surface area contributed by atoms with Gasteiger partial charge in [-0.1, -0.05) is 11.6 Å². The number of hydrogen-bond donors (Lipinski definition) is 1. The van der Waals surface area contributed by atoms with Crippen LogP contribution in [0.4, 0.5) is 5.82 Å². The van der Waals surface area contributed by atoms with E-state index in [4.69, 9.17) is 11.6 Å². The zero-order chi connectivity index (χ0) is 18.1. The molecule has 26 heavy (non-hydrogen) atoms. The fourth-order valence-corrected chi connectivity index (χ4v) is 3.81. The molecule has 1 amide bonds. The molecule has 0 aromatic carbocycles. The molecular weight excluding hydrogens is 352 g/mol. The first-order valence-electron chi connectivity index (χ1n) is 9.02. The molecule has 2 aromatic heterocycles. The molecule has 1 N–H and O–H groups in total. The van der Waals surface area contributed by atoms with Crippen molar-refractivity contribution in [3.05, 3.63) is 56.6 Å². The summed E-state index contributed by atoms with van der Waals surface area (Å²) < 4.78 is 0. The van der Waals surface area contributed by atoms with Crippen LogP contribution in [0.15, 0.2) is 29.2 Å². The van der Waals surface area contributed by atoms with Crippen LogP contribution in [0.25, 0.3) is 0 Å². The number of H-pyrrole nitrogens is 1.